The van der Waals surface area contributed by atoms with E-state index in [1.807, 2.05) is 0 Å². The van der Waals surface area contributed by atoms with E-state index in [9.17, 15) is 27.5 Å². The fraction of sp³-hybridized carbons (Fsp3) is 0.524. The van der Waals surface area contributed by atoms with Gasteiger partial charge in [0.2, 0.25) is 0 Å². The van der Waals surface area contributed by atoms with E-state index in [4.69, 9.17) is 16.7 Å². The van der Waals surface area contributed by atoms with Gasteiger partial charge in [0.05, 0.1) is 29.4 Å². The highest BCUT2D eigenvalue weighted by Gasteiger charge is 2.39. The second kappa shape index (κ2) is 11.1. The molecule has 6 nitrogen and oxygen atoms in total. The van der Waals surface area contributed by atoms with E-state index < -0.39 is 42.0 Å². The van der Waals surface area contributed by atoms with Gasteiger partial charge in [-0.25, -0.2) is 9.18 Å². The Morgan fingerprint density at radius 2 is 2.12 bits per heavy atom. The third-order valence-corrected chi connectivity index (χ3v) is 5.63. The van der Waals surface area contributed by atoms with E-state index in [0.717, 1.165) is 6.08 Å². The van der Waals surface area contributed by atoms with E-state index >= 15 is 0 Å². The molecule has 0 radical (unpaired) electrons. The van der Waals surface area contributed by atoms with Gasteiger partial charge in [0, 0.05) is 38.7 Å². The third kappa shape index (κ3) is 6.66. The number of carbonyl (C=O) groups is 1. The lowest BCUT2D eigenvalue weighted by Gasteiger charge is -2.29. The molecule has 32 heavy (non-hydrogen) atoms. The van der Waals surface area contributed by atoms with Crippen molar-refractivity contribution in [3.8, 4) is 0 Å². The highest BCUT2D eigenvalue weighted by molar-refractivity contribution is 6.22. The molecule has 3 N–H and O–H groups in total. The summed E-state index contributed by atoms with van der Waals surface area (Å²) in [6.07, 6.45) is -3.59. The zero-order chi connectivity index (χ0) is 24.1. The number of hydrogen-bond acceptors (Lipinski definition) is 4. The molecule has 11 heteroatoms. The highest BCUT2D eigenvalue weighted by atomic mass is 35.5. The van der Waals surface area contributed by atoms with E-state index in [2.05, 4.69) is 16.9 Å². The van der Waals surface area contributed by atoms with Crippen LogP contribution in [-0.4, -0.2) is 77.4 Å². The van der Waals surface area contributed by atoms with Crippen molar-refractivity contribution in [2.24, 2.45) is 4.99 Å². The molecular weight excluding hydrogens is 454 g/mol. The molecule has 1 aliphatic carbocycles. The van der Waals surface area contributed by atoms with E-state index in [0.29, 0.717) is 12.0 Å². The van der Waals surface area contributed by atoms with Crippen molar-refractivity contribution in [1.82, 2.24) is 10.2 Å². The number of hydrogen-bond donors (Lipinski definition) is 3. The van der Waals surface area contributed by atoms with Gasteiger partial charge >= 0.3 is 12.2 Å². The van der Waals surface area contributed by atoms with E-state index in [-0.39, 0.29) is 42.9 Å². The van der Waals surface area contributed by atoms with Gasteiger partial charge in [0.15, 0.2) is 0 Å². The second-order valence-corrected chi connectivity index (χ2v) is 8.00. The Morgan fingerprint density at radius 3 is 2.62 bits per heavy atom. The standard InChI is InChI=1S/C21H26ClF4N3O3/c1-12(18(31)11-30)9-17(23)19(27-2)13-5-7-29(8-6-13)20(32)28-14-3-4-15(16(22)10-14)21(24,25)26/h3-5,16-18,30-31H,1,6-11H2,2H3,(H,28,32)/b27-19-/t16?,17?,18-/m1/s1. The van der Waals surface area contributed by atoms with Crippen LogP contribution in [0.25, 0.3) is 0 Å². The van der Waals surface area contributed by atoms with Gasteiger partial charge in [-0.1, -0.05) is 18.7 Å². The Labute approximate surface area is 188 Å². The Hall–Kier alpha value is -2.17. The summed E-state index contributed by atoms with van der Waals surface area (Å²) in [5, 5.41) is 19.8. The van der Waals surface area contributed by atoms with Crippen LogP contribution in [0.4, 0.5) is 22.4 Å². The molecule has 0 aromatic carbocycles. The SMILES string of the molecule is C=C(CC(F)/C(=N\C)C1=CCN(C(=O)NC2=CC=C(C(F)(F)F)C(Cl)C2)CC1)[C@H](O)CO. The summed E-state index contributed by atoms with van der Waals surface area (Å²) >= 11 is 5.81. The monoisotopic (exact) mass is 479 g/mol. The number of nitrogens with one attached hydrogen (secondary N) is 1. The number of amides is 2. The van der Waals surface area contributed by atoms with E-state index in [1.54, 1.807) is 6.08 Å². The second-order valence-electron chi connectivity index (χ2n) is 7.48. The van der Waals surface area contributed by atoms with Crippen molar-refractivity contribution < 1.29 is 32.6 Å². The number of urea groups is 1. The predicted molar refractivity (Wildman–Crippen MR) is 114 cm³/mol. The predicted octanol–water partition coefficient (Wildman–Crippen LogP) is 3.42. The highest BCUT2D eigenvalue weighted by Crippen LogP contribution is 2.35. The Kier molecular flexibility index (Phi) is 9.06. The fourth-order valence-corrected chi connectivity index (χ4v) is 3.77. The van der Waals surface area contributed by atoms with Gasteiger partial charge in [-0.3, -0.25) is 4.99 Å². The number of aliphatic imine (C=N–C) groups is 1. The smallest absolute Gasteiger partial charge is 0.393 e. The zero-order valence-corrected chi connectivity index (χ0v) is 18.3. The Morgan fingerprint density at radius 1 is 1.44 bits per heavy atom. The van der Waals surface area contributed by atoms with Crippen LogP contribution in [0.15, 0.2) is 52.2 Å². The van der Waals surface area contributed by atoms with Crippen LogP contribution in [0, 0.1) is 0 Å². The molecule has 0 fully saturated rings. The molecule has 1 heterocycles. The van der Waals surface area contributed by atoms with Crippen molar-refractivity contribution >= 4 is 23.3 Å². The average Bonchev–Trinajstić information content (AvgIpc) is 2.73. The Bertz CT molecular complexity index is 852. The molecule has 0 aromatic rings. The Balaban J connectivity index is 1.97. The van der Waals surface area contributed by atoms with Crippen molar-refractivity contribution in [3.63, 3.8) is 0 Å². The minimum atomic E-state index is -4.53. The lowest BCUT2D eigenvalue weighted by atomic mass is 9.95. The fourth-order valence-electron chi connectivity index (χ4n) is 3.41. The molecule has 178 valence electrons. The summed E-state index contributed by atoms with van der Waals surface area (Å²) in [6, 6.07) is -0.495. The summed E-state index contributed by atoms with van der Waals surface area (Å²) in [5.74, 6) is 0. The number of halogens is 5. The zero-order valence-electron chi connectivity index (χ0n) is 17.5. The lowest BCUT2D eigenvalue weighted by Crippen LogP contribution is -2.43. The molecule has 0 saturated carbocycles. The van der Waals surface area contributed by atoms with Crippen LogP contribution in [0.1, 0.15) is 19.3 Å². The summed E-state index contributed by atoms with van der Waals surface area (Å²) in [4.78, 5) is 17.9. The van der Waals surface area contributed by atoms with Crippen molar-refractivity contribution in [2.45, 2.75) is 43.1 Å². The van der Waals surface area contributed by atoms with Crippen LogP contribution in [0.3, 0.4) is 0 Å². The molecule has 0 aromatic heterocycles. The molecule has 2 aliphatic rings. The van der Waals surface area contributed by atoms with Gasteiger partial charge in [-0.2, -0.15) is 13.2 Å². The van der Waals surface area contributed by atoms with Crippen molar-refractivity contribution in [2.75, 3.05) is 26.7 Å². The number of alkyl halides is 5. The first-order valence-corrected chi connectivity index (χ1v) is 10.4. The van der Waals surface area contributed by atoms with Crippen molar-refractivity contribution in [3.05, 3.63) is 47.2 Å². The molecule has 0 bridgehead atoms. The minimum absolute atomic E-state index is 0.152. The molecule has 2 unspecified atom stereocenters. The normalized spacial score (nSPS) is 21.9. The topological polar surface area (TPSA) is 85.2 Å². The summed E-state index contributed by atoms with van der Waals surface area (Å²) < 4.78 is 53.2. The van der Waals surface area contributed by atoms with Crippen LogP contribution < -0.4 is 5.32 Å². The van der Waals surface area contributed by atoms with Gasteiger partial charge in [-0.05, 0) is 23.6 Å². The van der Waals surface area contributed by atoms with Gasteiger partial charge in [0.25, 0.3) is 0 Å². The van der Waals surface area contributed by atoms with Gasteiger partial charge < -0.3 is 20.4 Å². The minimum Gasteiger partial charge on any atom is -0.393 e. The van der Waals surface area contributed by atoms with E-state index in [1.165, 1.54) is 18.0 Å². The first-order chi connectivity index (χ1) is 15.0. The summed E-state index contributed by atoms with van der Waals surface area (Å²) in [7, 11) is 1.44. The molecule has 1 aliphatic heterocycles. The van der Waals surface area contributed by atoms with Crippen LogP contribution >= 0.6 is 11.6 Å². The number of aliphatic hydroxyl groups excluding tert-OH is 2. The van der Waals surface area contributed by atoms with Crippen LogP contribution in [0.2, 0.25) is 0 Å². The summed E-state index contributed by atoms with van der Waals surface area (Å²) in [6.45, 7) is 3.44. The van der Waals surface area contributed by atoms with Gasteiger partial charge in [-0.15, -0.1) is 11.6 Å². The van der Waals surface area contributed by atoms with Crippen LogP contribution in [0.5, 0.6) is 0 Å². The molecular formula is C21H26ClF4N3O3. The molecule has 0 spiro atoms. The molecule has 2 amide bonds. The number of aliphatic hydroxyl groups is 2. The maximum atomic E-state index is 14.7. The largest absolute Gasteiger partial charge is 0.414 e. The third-order valence-electron chi connectivity index (χ3n) is 5.24. The molecule has 2 rings (SSSR count). The number of rotatable bonds is 7. The number of carbonyl (C=O) groups excluding carboxylic acids is 1. The summed E-state index contributed by atoms with van der Waals surface area (Å²) in [5.41, 5.74) is 0.369. The number of nitrogens with zero attached hydrogens (tertiary/aromatic N) is 2. The maximum Gasteiger partial charge on any atom is 0.414 e. The first kappa shape index (κ1) is 26.1. The number of allylic oxidation sites excluding steroid dienone is 4. The average molecular weight is 480 g/mol. The molecule has 3 atom stereocenters. The van der Waals surface area contributed by atoms with Crippen LogP contribution in [-0.2, 0) is 0 Å². The molecule has 0 saturated heterocycles. The first-order valence-electron chi connectivity index (χ1n) is 9.92. The quantitative estimate of drug-likeness (QED) is 0.226. The lowest BCUT2D eigenvalue weighted by molar-refractivity contribution is -0.0936. The van der Waals surface area contributed by atoms with Gasteiger partial charge in [0.1, 0.15) is 6.17 Å². The maximum absolute atomic E-state index is 14.7. The van der Waals surface area contributed by atoms with Crippen molar-refractivity contribution in [1.29, 1.82) is 0 Å².